The molecule has 4 aromatic carbocycles. The van der Waals surface area contributed by atoms with Gasteiger partial charge in [0.2, 0.25) is 0 Å². The smallest absolute Gasteiger partial charge is 0.0543 e. The van der Waals surface area contributed by atoms with E-state index in [9.17, 15) is 0 Å². The minimum Gasteiger partial charge on any atom is -0.313 e. The van der Waals surface area contributed by atoms with E-state index >= 15 is 0 Å². The summed E-state index contributed by atoms with van der Waals surface area (Å²) in [6.45, 7) is 2.17. The molecule has 0 bridgehead atoms. The second-order valence-electron chi connectivity index (χ2n) is 8.64. The average molecular weight is 412 g/mol. The van der Waals surface area contributed by atoms with Crippen LogP contribution in [0.1, 0.15) is 28.8 Å². The second-order valence-corrected chi connectivity index (χ2v) is 8.64. The molecule has 0 unspecified atom stereocenters. The van der Waals surface area contributed by atoms with Crippen molar-refractivity contribution >= 4 is 22.6 Å². The van der Waals surface area contributed by atoms with Gasteiger partial charge >= 0.3 is 0 Å². The van der Waals surface area contributed by atoms with Gasteiger partial charge in [-0.05, 0) is 66.3 Å². The van der Waals surface area contributed by atoms with Crippen molar-refractivity contribution in [2.45, 2.75) is 19.8 Å². The van der Waals surface area contributed by atoms with Gasteiger partial charge in [-0.25, -0.2) is 0 Å². The lowest BCUT2D eigenvalue weighted by molar-refractivity contribution is 0.898. The van der Waals surface area contributed by atoms with E-state index in [-0.39, 0.29) is 0 Å². The highest BCUT2D eigenvalue weighted by Gasteiger charge is 2.23. The molecule has 1 aliphatic rings. The van der Waals surface area contributed by atoms with Crippen LogP contribution >= 0.6 is 0 Å². The topological polar surface area (TPSA) is 4.93 Å². The molecule has 6 rings (SSSR count). The molecule has 0 fully saturated rings. The Balaban J connectivity index is 1.69. The van der Waals surface area contributed by atoms with E-state index in [1.807, 2.05) is 0 Å². The van der Waals surface area contributed by atoms with Crippen molar-refractivity contribution in [2.75, 3.05) is 0 Å². The lowest BCUT2D eigenvalue weighted by Crippen LogP contribution is -2.05. The summed E-state index contributed by atoms with van der Waals surface area (Å²) in [4.78, 5) is 0. The number of nitrogens with zero attached hydrogens (tertiary/aromatic N) is 1. The standard InChI is InChI=1S/C31H25N/c1-22-10-8-13-25(20-22)27-16-9-17-30-31(27)28-21-24(23-11-4-2-5-12-23)18-19-29(28)32(30)26-14-6-3-7-15-26/h2-17,20-21H,18-19H2,1H3. The number of allylic oxidation sites excluding steroid dienone is 1. The van der Waals surface area contributed by atoms with E-state index < -0.39 is 0 Å². The molecule has 0 saturated carbocycles. The first-order valence-corrected chi connectivity index (χ1v) is 11.3. The molecule has 0 spiro atoms. The summed E-state index contributed by atoms with van der Waals surface area (Å²) < 4.78 is 2.47. The molecular formula is C31H25N. The van der Waals surface area contributed by atoms with Crippen LogP contribution in [0.25, 0.3) is 39.4 Å². The molecule has 1 heterocycles. The number of aryl methyl sites for hydroxylation is 1. The molecule has 0 amide bonds. The van der Waals surface area contributed by atoms with Gasteiger partial charge in [0, 0.05) is 22.3 Å². The molecule has 154 valence electrons. The van der Waals surface area contributed by atoms with Crippen LogP contribution in [0, 0.1) is 6.92 Å². The van der Waals surface area contributed by atoms with E-state index in [0.717, 1.165) is 12.8 Å². The lowest BCUT2D eigenvalue weighted by Gasteiger charge is -2.17. The van der Waals surface area contributed by atoms with E-state index in [0.29, 0.717) is 0 Å². The zero-order chi connectivity index (χ0) is 21.5. The van der Waals surface area contributed by atoms with E-state index in [1.54, 1.807) is 0 Å². The highest BCUT2D eigenvalue weighted by Crippen LogP contribution is 2.42. The number of para-hydroxylation sites is 1. The summed E-state index contributed by atoms with van der Waals surface area (Å²) in [5, 5.41) is 1.35. The second kappa shape index (κ2) is 7.69. The van der Waals surface area contributed by atoms with Gasteiger partial charge in [0.1, 0.15) is 0 Å². The van der Waals surface area contributed by atoms with Crippen LogP contribution in [-0.2, 0) is 6.42 Å². The Labute approximate surface area is 189 Å². The largest absolute Gasteiger partial charge is 0.313 e. The molecule has 5 aromatic rings. The Kier molecular flexibility index (Phi) is 4.54. The van der Waals surface area contributed by atoms with Gasteiger partial charge in [0.05, 0.1) is 5.52 Å². The molecule has 0 aliphatic heterocycles. The van der Waals surface area contributed by atoms with Crippen LogP contribution < -0.4 is 0 Å². The van der Waals surface area contributed by atoms with Crippen molar-refractivity contribution < 1.29 is 0 Å². The number of hydrogen-bond acceptors (Lipinski definition) is 0. The molecule has 1 aliphatic carbocycles. The van der Waals surface area contributed by atoms with Gasteiger partial charge in [0.25, 0.3) is 0 Å². The van der Waals surface area contributed by atoms with Crippen LogP contribution in [-0.4, -0.2) is 4.57 Å². The first-order valence-electron chi connectivity index (χ1n) is 11.3. The lowest BCUT2D eigenvalue weighted by atomic mass is 9.89. The summed E-state index contributed by atoms with van der Waals surface area (Å²) in [5.41, 5.74) is 11.9. The van der Waals surface area contributed by atoms with Gasteiger partial charge in [0.15, 0.2) is 0 Å². The van der Waals surface area contributed by atoms with E-state index in [4.69, 9.17) is 0 Å². The zero-order valence-corrected chi connectivity index (χ0v) is 18.3. The third-order valence-electron chi connectivity index (χ3n) is 6.57. The van der Waals surface area contributed by atoms with Crippen molar-refractivity contribution in [3.05, 3.63) is 126 Å². The fraction of sp³-hybridized carbons (Fsp3) is 0.0968. The Bertz CT molecular complexity index is 1450. The molecule has 0 saturated heterocycles. The van der Waals surface area contributed by atoms with E-state index in [2.05, 4.69) is 121 Å². The molecule has 0 N–H and O–H groups in total. The molecular weight excluding hydrogens is 386 g/mol. The molecule has 1 aromatic heterocycles. The van der Waals surface area contributed by atoms with Crippen LogP contribution in [0.5, 0.6) is 0 Å². The summed E-state index contributed by atoms with van der Waals surface area (Å²) in [6, 6.07) is 37.2. The summed E-state index contributed by atoms with van der Waals surface area (Å²) in [5.74, 6) is 0. The highest BCUT2D eigenvalue weighted by molar-refractivity contribution is 6.06. The normalized spacial score (nSPS) is 13.1. The monoisotopic (exact) mass is 411 g/mol. The number of benzene rings is 4. The van der Waals surface area contributed by atoms with Crippen molar-refractivity contribution in [2.24, 2.45) is 0 Å². The summed E-state index contributed by atoms with van der Waals surface area (Å²) in [6.07, 6.45) is 4.53. The molecule has 0 radical (unpaired) electrons. The molecule has 1 nitrogen and oxygen atoms in total. The third-order valence-corrected chi connectivity index (χ3v) is 6.57. The summed E-state index contributed by atoms with van der Waals surface area (Å²) in [7, 11) is 0. The van der Waals surface area contributed by atoms with Crippen LogP contribution in [0.2, 0.25) is 0 Å². The fourth-order valence-electron chi connectivity index (χ4n) is 5.13. The van der Waals surface area contributed by atoms with Gasteiger partial charge < -0.3 is 4.57 Å². The maximum atomic E-state index is 2.47. The van der Waals surface area contributed by atoms with Crippen LogP contribution in [0.15, 0.2) is 103 Å². The maximum Gasteiger partial charge on any atom is 0.0543 e. The first kappa shape index (κ1) is 18.9. The SMILES string of the molecule is Cc1cccc(-c2cccc3c2c2c(n3-c3ccccc3)CCC(c3ccccc3)=C2)c1. The predicted molar refractivity (Wildman–Crippen MR) is 136 cm³/mol. The number of fused-ring (bicyclic) bond motifs is 3. The van der Waals surface area contributed by atoms with Crippen LogP contribution in [0.3, 0.4) is 0 Å². The van der Waals surface area contributed by atoms with Crippen molar-refractivity contribution in [3.63, 3.8) is 0 Å². The van der Waals surface area contributed by atoms with Gasteiger partial charge in [-0.1, -0.05) is 90.5 Å². The Morgan fingerprint density at radius 3 is 2.16 bits per heavy atom. The van der Waals surface area contributed by atoms with Gasteiger partial charge in [-0.15, -0.1) is 0 Å². The fourth-order valence-corrected chi connectivity index (χ4v) is 5.13. The number of hydrogen-bond donors (Lipinski definition) is 0. The van der Waals surface area contributed by atoms with Gasteiger partial charge in [-0.3, -0.25) is 0 Å². The minimum atomic E-state index is 1.03. The number of aromatic nitrogens is 1. The summed E-state index contributed by atoms with van der Waals surface area (Å²) >= 11 is 0. The Morgan fingerprint density at radius 2 is 1.38 bits per heavy atom. The average Bonchev–Trinajstić information content (AvgIpc) is 3.19. The minimum absolute atomic E-state index is 1.03. The maximum absolute atomic E-state index is 2.47. The molecule has 0 atom stereocenters. The third kappa shape index (κ3) is 3.09. The van der Waals surface area contributed by atoms with Crippen molar-refractivity contribution in [1.82, 2.24) is 4.57 Å². The number of rotatable bonds is 3. The first-order chi connectivity index (χ1) is 15.8. The van der Waals surface area contributed by atoms with Crippen molar-refractivity contribution in [1.29, 1.82) is 0 Å². The highest BCUT2D eigenvalue weighted by atomic mass is 15.0. The van der Waals surface area contributed by atoms with Crippen molar-refractivity contribution in [3.8, 4) is 16.8 Å². The predicted octanol–water partition coefficient (Wildman–Crippen LogP) is 8.09. The Hall–Kier alpha value is -3.84. The van der Waals surface area contributed by atoms with Gasteiger partial charge in [-0.2, -0.15) is 0 Å². The van der Waals surface area contributed by atoms with E-state index in [1.165, 1.54) is 55.7 Å². The zero-order valence-electron chi connectivity index (χ0n) is 18.3. The Morgan fingerprint density at radius 1 is 0.656 bits per heavy atom. The van der Waals surface area contributed by atoms with Crippen LogP contribution in [0.4, 0.5) is 0 Å². The quantitative estimate of drug-likeness (QED) is 0.283. The molecule has 1 heteroatoms. The molecule has 32 heavy (non-hydrogen) atoms.